The van der Waals surface area contributed by atoms with Crippen LogP contribution >= 0.6 is 0 Å². The van der Waals surface area contributed by atoms with Gasteiger partial charge < -0.3 is 10.2 Å². The van der Waals surface area contributed by atoms with Crippen molar-refractivity contribution in [2.75, 3.05) is 39.3 Å². The van der Waals surface area contributed by atoms with Crippen LogP contribution in [0.2, 0.25) is 0 Å². The number of rotatable bonds is 6. The molecule has 1 aliphatic heterocycles. The second-order valence-electron chi connectivity index (χ2n) is 6.13. The minimum Gasteiger partial charge on any atom is -0.351 e. The summed E-state index contributed by atoms with van der Waals surface area (Å²) in [5.41, 5.74) is 1.91. The third-order valence-corrected chi connectivity index (χ3v) is 4.41. The molecule has 0 bridgehead atoms. The molecular weight excluding hydrogens is 288 g/mol. The summed E-state index contributed by atoms with van der Waals surface area (Å²) in [5.74, 6) is -0.0513. The Balaban J connectivity index is 1.72. The molecule has 1 atom stereocenters. The summed E-state index contributed by atoms with van der Waals surface area (Å²) in [6.07, 6.45) is 5.15. The Labute approximate surface area is 139 Å². The van der Waals surface area contributed by atoms with E-state index in [9.17, 15) is 4.79 Å². The van der Waals surface area contributed by atoms with Crippen molar-refractivity contribution in [3.63, 3.8) is 0 Å². The van der Waals surface area contributed by atoms with Gasteiger partial charge in [-0.1, -0.05) is 13.0 Å². The fourth-order valence-corrected chi connectivity index (χ4v) is 2.71. The predicted molar refractivity (Wildman–Crippen MR) is 94.2 cm³/mol. The van der Waals surface area contributed by atoms with Gasteiger partial charge in [-0.15, -0.1) is 0 Å². The van der Waals surface area contributed by atoms with E-state index < -0.39 is 0 Å². The molecule has 0 spiro atoms. The highest BCUT2D eigenvalue weighted by Gasteiger charge is 2.20. The fraction of sp³-hybridized carbons (Fsp3) is 0.556. The maximum Gasteiger partial charge on any atom is 0.244 e. The summed E-state index contributed by atoms with van der Waals surface area (Å²) >= 11 is 0. The van der Waals surface area contributed by atoms with E-state index in [1.165, 1.54) is 0 Å². The molecular formula is C18H28N4O. The Bertz CT molecular complexity index is 518. The number of aromatic nitrogens is 1. The highest BCUT2D eigenvalue weighted by molar-refractivity contribution is 5.91. The number of aryl methyl sites for hydroxylation is 1. The number of likely N-dealkylation sites (N-methyl/N-ethyl adjacent to an activating group) is 1. The third-order valence-electron chi connectivity index (χ3n) is 4.41. The molecule has 2 heterocycles. The van der Waals surface area contributed by atoms with Gasteiger partial charge in [0.1, 0.15) is 0 Å². The molecule has 1 unspecified atom stereocenters. The van der Waals surface area contributed by atoms with Crippen LogP contribution in [0.5, 0.6) is 0 Å². The van der Waals surface area contributed by atoms with Crippen molar-refractivity contribution in [2.45, 2.75) is 26.8 Å². The number of piperazine rings is 1. The average molecular weight is 316 g/mol. The van der Waals surface area contributed by atoms with Crippen LogP contribution in [0.25, 0.3) is 6.08 Å². The van der Waals surface area contributed by atoms with E-state index in [4.69, 9.17) is 0 Å². The van der Waals surface area contributed by atoms with Gasteiger partial charge in [0, 0.05) is 56.7 Å². The van der Waals surface area contributed by atoms with Crippen molar-refractivity contribution in [2.24, 2.45) is 0 Å². The molecule has 1 saturated heterocycles. The summed E-state index contributed by atoms with van der Waals surface area (Å²) in [6, 6.07) is 4.27. The molecule has 0 saturated carbocycles. The van der Waals surface area contributed by atoms with Gasteiger partial charge in [-0.2, -0.15) is 0 Å². The Hall–Kier alpha value is -1.72. The fourth-order valence-electron chi connectivity index (χ4n) is 2.71. The van der Waals surface area contributed by atoms with Crippen LogP contribution in [0.3, 0.4) is 0 Å². The van der Waals surface area contributed by atoms with Crippen molar-refractivity contribution in [1.29, 1.82) is 0 Å². The number of hydrogen-bond donors (Lipinski definition) is 1. The highest BCUT2D eigenvalue weighted by Crippen LogP contribution is 2.05. The SMILES string of the molecule is CCN1CCN(C(C)CNC(=O)/C=C/c2ccc(C)nc2)CC1. The van der Waals surface area contributed by atoms with Crippen LogP contribution in [0.15, 0.2) is 24.4 Å². The number of carbonyl (C=O) groups is 1. The lowest BCUT2D eigenvalue weighted by Gasteiger charge is -2.37. The van der Waals surface area contributed by atoms with Crippen molar-refractivity contribution in [1.82, 2.24) is 20.1 Å². The summed E-state index contributed by atoms with van der Waals surface area (Å²) in [4.78, 5) is 21.0. The van der Waals surface area contributed by atoms with E-state index >= 15 is 0 Å². The quantitative estimate of drug-likeness (QED) is 0.809. The predicted octanol–water partition coefficient (Wildman–Crippen LogP) is 1.55. The van der Waals surface area contributed by atoms with Crippen LogP contribution < -0.4 is 5.32 Å². The van der Waals surface area contributed by atoms with E-state index in [1.54, 1.807) is 18.3 Å². The zero-order valence-electron chi connectivity index (χ0n) is 14.5. The van der Waals surface area contributed by atoms with E-state index in [0.717, 1.165) is 44.0 Å². The number of hydrogen-bond acceptors (Lipinski definition) is 4. The van der Waals surface area contributed by atoms with Gasteiger partial charge >= 0.3 is 0 Å². The molecule has 1 fully saturated rings. The Morgan fingerprint density at radius 2 is 2.09 bits per heavy atom. The smallest absolute Gasteiger partial charge is 0.244 e. The molecule has 1 amide bonds. The third kappa shape index (κ3) is 5.77. The van der Waals surface area contributed by atoms with Crippen LogP contribution in [0, 0.1) is 6.92 Å². The topological polar surface area (TPSA) is 48.5 Å². The Morgan fingerprint density at radius 3 is 2.70 bits per heavy atom. The number of amides is 1. The zero-order chi connectivity index (χ0) is 16.7. The van der Waals surface area contributed by atoms with Gasteiger partial charge in [0.25, 0.3) is 0 Å². The van der Waals surface area contributed by atoms with E-state index in [1.807, 2.05) is 19.1 Å². The van der Waals surface area contributed by atoms with Crippen molar-refractivity contribution in [3.8, 4) is 0 Å². The van der Waals surface area contributed by atoms with Crippen molar-refractivity contribution in [3.05, 3.63) is 35.7 Å². The van der Waals surface area contributed by atoms with E-state index in [0.29, 0.717) is 12.6 Å². The average Bonchev–Trinajstić information content (AvgIpc) is 2.59. The lowest BCUT2D eigenvalue weighted by atomic mass is 10.2. The summed E-state index contributed by atoms with van der Waals surface area (Å²) in [6.45, 7) is 12.5. The largest absolute Gasteiger partial charge is 0.351 e. The molecule has 126 valence electrons. The highest BCUT2D eigenvalue weighted by atomic mass is 16.1. The van der Waals surface area contributed by atoms with Gasteiger partial charge in [0.15, 0.2) is 0 Å². The summed E-state index contributed by atoms with van der Waals surface area (Å²) < 4.78 is 0. The minimum atomic E-state index is -0.0513. The number of carbonyl (C=O) groups excluding carboxylic acids is 1. The van der Waals surface area contributed by atoms with Crippen LogP contribution in [0.1, 0.15) is 25.1 Å². The molecule has 1 aromatic heterocycles. The molecule has 1 N–H and O–H groups in total. The lowest BCUT2D eigenvalue weighted by Crippen LogP contribution is -2.52. The van der Waals surface area contributed by atoms with Gasteiger partial charge in [-0.05, 0) is 38.1 Å². The maximum absolute atomic E-state index is 11.9. The second-order valence-corrected chi connectivity index (χ2v) is 6.13. The molecule has 0 aromatic carbocycles. The summed E-state index contributed by atoms with van der Waals surface area (Å²) in [7, 11) is 0. The Morgan fingerprint density at radius 1 is 1.35 bits per heavy atom. The van der Waals surface area contributed by atoms with Crippen LogP contribution in [-0.2, 0) is 4.79 Å². The normalized spacial score (nSPS) is 18.2. The number of nitrogens with one attached hydrogen (secondary N) is 1. The van der Waals surface area contributed by atoms with Crippen molar-refractivity contribution >= 4 is 12.0 Å². The van der Waals surface area contributed by atoms with Crippen LogP contribution in [0.4, 0.5) is 0 Å². The molecule has 1 aliphatic rings. The first-order valence-electron chi connectivity index (χ1n) is 8.43. The lowest BCUT2D eigenvalue weighted by molar-refractivity contribution is -0.116. The summed E-state index contributed by atoms with van der Waals surface area (Å²) in [5, 5.41) is 2.99. The molecule has 2 rings (SSSR count). The molecule has 0 radical (unpaired) electrons. The monoisotopic (exact) mass is 316 g/mol. The molecule has 23 heavy (non-hydrogen) atoms. The van der Waals surface area contributed by atoms with Gasteiger partial charge in [-0.3, -0.25) is 14.7 Å². The van der Waals surface area contributed by atoms with Gasteiger partial charge in [0.05, 0.1) is 0 Å². The van der Waals surface area contributed by atoms with Gasteiger partial charge in [-0.25, -0.2) is 0 Å². The van der Waals surface area contributed by atoms with E-state index in [-0.39, 0.29) is 5.91 Å². The molecule has 1 aromatic rings. The number of nitrogens with zero attached hydrogens (tertiary/aromatic N) is 3. The standard InChI is InChI=1S/C18H28N4O/c1-4-21-9-11-22(12-10-21)16(3)13-20-18(23)8-7-17-6-5-15(2)19-14-17/h5-8,14,16H,4,9-13H2,1-3H3,(H,20,23)/b8-7+. The molecule has 5 heteroatoms. The second kappa shape index (κ2) is 8.79. The first kappa shape index (κ1) is 17.6. The van der Waals surface area contributed by atoms with Gasteiger partial charge in [0.2, 0.25) is 5.91 Å². The van der Waals surface area contributed by atoms with E-state index in [2.05, 4.69) is 33.9 Å². The maximum atomic E-state index is 11.9. The number of pyridine rings is 1. The van der Waals surface area contributed by atoms with Crippen molar-refractivity contribution < 1.29 is 4.79 Å². The zero-order valence-corrected chi connectivity index (χ0v) is 14.5. The first-order chi connectivity index (χ1) is 11.1. The molecule has 0 aliphatic carbocycles. The minimum absolute atomic E-state index is 0.0513. The molecule has 5 nitrogen and oxygen atoms in total. The Kier molecular flexibility index (Phi) is 6.74. The first-order valence-corrected chi connectivity index (χ1v) is 8.43. The van der Waals surface area contributed by atoms with Crippen LogP contribution in [-0.4, -0.2) is 66.0 Å².